The molecule has 7 nitrogen and oxygen atoms in total. The molecule has 0 unspecified atom stereocenters. The molecule has 3 aromatic carbocycles. The first-order valence-electron chi connectivity index (χ1n) is 11.5. The summed E-state index contributed by atoms with van der Waals surface area (Å²) in [6.45, 7) is 0.539. The summed E-state index contributed by atoms with van der Waals surface area (Å²) in [5, 5.41) is 18.6. The van der Waals surface area contributed by atoms with Gasteiger partial charge in [0.2, 0.25) is 0 Å². The van der Waals surface area contributed by atoms with Gasteiger partial charge in [0.15, 0.2) is 0 Å². The van der Waals surface area contributed by atoms with E-state index in [2.05, 4.69) is 18.2 Å². The summed E-state index contributed by atoms with van der Waals surface area (Å²) < 4.78 is 11.6. The maximum Gasteiger partial charge on any atom is 0.410 e. The standard InChI is InChI=1S/C28H24N2O5/c29-14-18-9-11-19(12-10-18)16-34-20-13-26(27(31)32)30(15-20)28(33)35-17-25-23-7-3-1-5-21(23)22-6-2-4-8-24(22)25/h1-12,20,25-26H,13,15-17H2,(H,31,32)/t20-,26+/m1/s1. The van der Waals surface area contributed by atoms with E-state index in [0.29, 0.717) is 5.56 Å². The number of carboxylic acids is 1. The van der Waals surface area contributed by atoms with Crippen LogP contribution in [0.4, 0.5) is 4.79 Å². The lowest BCUT2D eigenvalue weighted by molar-refractivity contribution is -0.141. The van der Waals surface area contributed by atoms with Crippen LogP contribution in [0.1, 0.15) is 34.6 Å². The number of rotatable bonds is 6. The van der Waals surface area contributed by atoms with Crippen molar-refractivity contribution >= 4 is 12.1 Å². The van der Waals surface area contributed by atoms with E-state index < -0.39 is 24.2 Å². The fourth-order valence-electron chi connectivity index (χ4n) is 4.92. The van der Waals surface area contributed by atoms with Crippen molar-refractivity contribution in [2.75, 3.05) is 13.2 Å². The minimum Gasteiger partial charge on any atom is -0.480 e. The molecule has 0 spiro atoms. The molecule has 1 fully saturated rings. The van der Waals surface area contributed by atoms with Crippen LogP contribution in [0.5, 0.6) is 0 Å². The van der Waals surface area contributed by atoms with Crippen molar-refractivity contribution in [2.45, 2.75) is 31.1 Å². The average molecular weight is 469 g/mol. The van der Waals surface area contributed by atoms with Crippen molar-refractivity contribution in [1.82, 2.24) is 4.90 Å². The molecule has 1 N–H and O–H groups in total. The molecule has 2 aliphatic rings. The van der Waals surface area contributed by atoms with E-state index in [1.165, 1.54) is 4.90 Å². The van der Waals surface area contributed by atoms with Crippen molar-refractivity contribution in [3.05, 3.63) is 95.1 Å². The Morgan fingerprint density at radius 2 is 1.60 bits per heavy atom. The number of hydrogen-bond donors (Lipinski definition) is 1. The van der Waals surface area contributed by atoms with Gasteiger partial charge in [0.25, 0.3) is 0 Å². The Hall–Kier alpha value is -4.15. The molecule has 1 heterocycles. The summed E-state index contributed by atoms with van der Waals surface area (Å²) in [5.41, 5.74) is 5.88. The Bertz CT molecular complexity index is 1250. The second-order valence-corrected chi connectivity index (χ2v) is 8.79. The van der Waals surface area contributed by atoms with Crippen molar-refractivity contribution in [3.63, 3.8) is 0 Å². The van der Waals surface area contributed by atoms with E-state index in [1.807, 2.05) is 36.4 Å². The Kier molecular flexibility index (Phi) is 6.21. The predicted molar refractivity (Wildman–Crippen MR) is 128 cm³/mol. The van der Waals surface area contributed by atoms with Gasteiger partial charge in [-0.05, 0) is 39.9 Å². The molecule has 0 aromatic heterocycles. The smallest absolute Gasteiger partial charge is 0.410 e. The Labute approximate surface area is 203 Å². The third kappa shape index (κ3) is 4.48. The molecule has 35 heavy (non-hydrogen) atoms. The molecule has 2 atom stereocenters. The van der Waals surface area contributed by atoms with Crippen LogP contribution in [0.15, 0.2) is 72.8 Å². The number of hydrogen-bond acceptors (Lipinski definition) is 5. The Balaban J connectivity index is 1.24. The third-order valence-corrected chi connectivity index (χ3v) is 6.69. The van der Waals surface area contributed by atoms with Crippen LogP contribution in [0, 0.1) is 11.3 Å². The Morgan fingerprint density at radius 3 is 2.20 bits per heavy atom. The molecule has 176 valence electrons. The number of nitrogens with zero attached hydrogens (tertiary/aromatic N) is 2. The zero-order valence-corrected chi connectivity index (χ0v) is 19.0. The SMILES string of the molecule is N#Cc1ccc(CO[C@@H]2C[C@@H](C(=O)O)N(C(=O)OCC3c4ccccc4-c4ccccc43)C2)cc1. The number of aliphatic carboxylic acids is 1. The third-order valence-electron chi connectivity index (χ3n) is 6.69. The highest BCUT2D eigenvalue weighted by Crippen LogP contribution is 2.44. The Morgan fingerprint density at radius 1 is 0.971 bits per heavy atom. The first-order valence-corrected chi connectivity index (χ1v) is 11.5. The first kappa shape index (κ1) is 22.6. The molecular weight excluding hydrogens is 444 g/mol. The minimum absolute atomic E-state index is 0.0966. The van der Waals surface area contributed by atoms with Crippen LogP contribution < -0.4 is 0 Å². The molecule has 7 heteroatoms. The number of carboxylic acid groups (broad SMARTS) is 1. The monoisotopic (exact) mass is 468 g/mol. The lowest BCUT2D eigenvalue weighted by Crippen LogP contribution is -2.41. The zero-order chi connectivity index (χ0) is 24.4. The van der Waals surface area contributed by atoms with Gasteiger partial charge in [0, 0.05) is 12.3 Å². The molecular formula is C28H24N2O5. The maximum atomic E-state index is 13.0. The van der Waals surface area contributed by atoms with Crippen LogP contribution in [0.2, 0.25) is 0 Å². The normalized spacial score (nSPS) is 18.5. The fourth-order valence-corrected chi connectivity index (χ4v) is 4.92. The fraction of sp³-hybridized carbons (Fsp3) is 0.250. The molecule has 0 bridgehead atoms. The lowest BCUT2D eigenvalue weighted by Gasteiger charge is -2.22. The van der Waals surface area contributed by atoms with Crippen LogP contribution in [-0.4, -0.2) is 47.4 Å². The van der Waals surface area contributed by atoms with E-state index in [-0.39, 0.29) is 32.1 Å². The second kappa shape index (κ2) is 9.61. The van der Waals surface area contributed by atoms with E-state index in [0.717, 1.165) is 27.8 Å². The van der Waals surface area contributed by atoms with Gasteiger partial charge in [-0.2, -0.15) is 5.26 Å². The van der Waals surface area contributed by atoms with Crippen LogP contribution in [-0.2, 0) is 20.9 Å². The second-order valence-electron chi connectivity index (χ2n) is 8.79. The van der Waals surface area contributed by atoms with Crippen LogP contribution >= 0.6 is 0 Å². The van der Waals surface area contributed by atoms with Gasteiger partial charge in [-0.1, -0.05) is 60.7 Å². The van der Waals surface area contributed by atoms with Crippen molar-refractivity contribution < 1.29 is 24.2 Å². The zero-order valence-electron chi connectivity index (χ0n) is 19.0. The number of fused-ring (bicyclic) bond motifs is 3. The molecule has 0 radical (unpaired) electrons. The number of carbonyl (C=O) groups excluding carboxylic acids is 1. The van der Waals surface area contributed by atoms with Gasteiger partial charge >= 0.3 is 12.1 Å². The average Bonchev–Trinajstić information content (AvgIpc) is 3.46. The lowest BCUT2D eigenvalue weighted by atomic mass is 9.98. The highest BCUT2D eigenvalue weighted by Gasteiger charge is 2.41. The predicted octanol–water partition coefficient (Wildman–Crippen LogP) is 4.55. The van der Waals surface area contributed by atoms with Gasteiger partial charge in [0.05, 0.1) is 30.9 Å². The quantitative estimate of drug-likeness (QED) is 0.570. The number of likely N-dealkylation sites (tertiary alicyclic amines) is 1. The molecule has 3 aromatic rings. The highest BCUT2D eigenvalue weighted by atomic mass is 16.6. The van der Waals surface area contributed by atoms with Gasteiger partial charge < -0.3 is 14.6 Å². The number of carbonyl (C=O) groups is 2. The molecule has 5 rings (SSSR count). The van der Waals surface area contributed by atoms with Crippen molar-refractivity contribution in [1.29, 1.82) is 5.26 Å². The summed E-state index contributed by atoms with van der Waals surface area (Å²) in [7, 11) is 0. The van der Waals surface area contributed by atoms with E-state index in [1.54, 1.807) is 24.3 Å². The number of amides is 1. The first-order chi connectivity index (χ1) is 17.0. The van der Waals surface area contributed by atoms with Crippen LogP contribution in [0.25, 0.3) is 11.1 Å². The van der Waals surface area contributed by atoms with Gasteiger partial charge in [0.1, 0.15) is 12.6 Å². The summed E-state index contributed by atoms with van der Waals surface area (Å²) in [4.78, 5) is 26.1. The molecule has 1 aliphatic heterocycles. The number of nitriles is 1. The summed E-state index contributed by atoms with van der Waals surface area (Å²) in [5.74, 6) is -1.18. The molecule has 1 aliphatic carbocycles. The minimum atomic E-state index is -1.08. The molecule has 1 saturated heterocycles. The number of ether oxygens (including phenoxy) is 2. The topological polar surface area (TPSA) is 99.9 Å². The van der Waals surface area contributed by atoms with E-state index in [9.17, 15) is 14.7 Å². The van der Waals surface area contributed by atoms with Gasteiger partial charge in [-0.15, -0.1) is 0 Å². The summed E-state index contributed by atoms with van der Waals surface area (Å²) in [6.07, 6.45) is -0.883. The molecule has 1 amide bonds. The van der Waals surface area contributed by atoms with Crippen molar-refractivity contribution in [3.8, 4) is 17.2 Å². The van der Waals surface area contributed by atoms with Crippen molar-refractivity contribution in [2.24, 2.45) is 0 Å². The maximum absolute atomic E-state index is 13.0. The van der Waals surface area contributed by atoms with E-state index >= 15 is 0 Å². The largest absolute Gasteiger partial charge is 0.480 e. The van der Waals surface area contributed by atoms with Gasteiger partial charge in [-0.3, -0.25) is 4.90 Å². The van der Waals surface area contributed by atoms with Gasteiger partial charge in [-0.25, -0.2) is 9.59 Å². The summed E-state index contributed by atoms with van der Waals surface area (Å²) >= 11 is 0. The van der Waals surface area contributed by atoms with Crippen LogP contribution in [0.3, 0.4) is 0 Å². The van der Waals surface area contributed by atoms with E-state index in [4.69, 9.17) is 14.7 Å². The number of benzene rings is 3. The summed E-state index contributed by atoms with van der Waals surface area (Å²) in [6, 6.07) is 24.2. The highest BCUT2D eigenvalue weighted by molar-refractivity contribution is 5.81. The molecule has 0 saturated carbocycles.